The topological polar surface area (TPSA) is 134 Å². The lowest BCUT2D eigenvalue weighted by molar-refractivity contribution is -0.113. The van der Waals surface area contributed by atoms with Crippen LogP contribution in [-0.2, 0) is 36.0 Å². The average Bonchev–Trinajstić information content (AvgIpc) is 3.52. The highest BCUT2D eigenvalue weighted by Gasteiger charge is 2.34. The first-order valence-corrected chi connectivity index (χ1v) is 15.9. The molecule has 0 radical (unpaired) electrons. The number of hydrogen-bond donors (Lipinski definition) is 2. The summed E-state index contributed by atoms with van der Waals surface area (Å²) in [5.74, 6) is 1.13. The molecule has 2 heterocycles. The molecule has 43 heavy (non-hydrogen) atoms. The van der Waals surface area contributed by atoms with Gasteiger partial charge >= 0.3 is 5.97 Å². The first-order valence-electron chi connectivity index (χ1n) is 14.1. The number of amides is 2. The number of ether oxygens (including phenoxy) is 3. The Morgan fingerprint density at radius 2 is 1.88 bits per heavy atom. The predicted octanol–water partition coefficient (Wildman–Crippen LogP) is 4.88. The molecule has 0 fully saturated rings. The molecule has 3 aromatic rings. The molecule has 2 N–H and O–H groups in total. The maximum absolute atomic E-state index is 13.0. The van der Waals surface area contributed by atoms with Gasteiger partial charge in [-0.2, -0.15) is 0 Å². The predicted molar refractivity (Wildman–Crippen MR) is 166 cm³/mol. The van der Waals surface area contributed by atoms with Crippen LogP contribution in [0.3, 0.4) is 0 Å². The Morgan fingerprint density at radius 1 is 1.14 bits per heavy atom. The van der Waals surface area contributed by atoms with Gasteiger partial charge in [-0.1, -0.05) is 32.5 Å². The van der Waals surface area contributed by atoms with Gasteiger partial charge in [0.15, 0.2) is 22.5 Å². The number of carbonyl (C=O) groups is 3. The minimum absolute atomic E-state index is 0.0689. The van der Waals surface area contributed by atoms with Gasteiger partial charge in [-0.05, 0) is 61.3 Å². The molecule has 11 nitrogen and oxygen atoms in total. The fraction of sp³-hybridized carbons (Fsp3) is 0.500. The summed E-state index contributed by atoms with van der Waals surface area (Å²) in [5, 5.41) is 15.2. The highest BCUT2D eigenvalue weighted by atomic mass is 32.2. The quantitative estimate of drug-likeness (QED) is 0.225. The van der Waals surface area contributed by atoms with E-state index < -0.39 is 5.97 Å². The number of thiophene rings is 1. The molecule has 0 saturated carbocycles. The van der Waals surface area contributed by atoms with Crippen molar-refractivity contribution in [3.8, 4) is 11.5 Å². The zero-order valence-electron chi connectivity index (χ0n) is 25.7. The molecule has 0 bridgehead atoms. The highest BCUT2D eigenvalue weighted by molar-refractivity contribution is 7.99. The van der Waals surface area contributed by atoms with Crippen molar-refractivity contribution >= 4 is 45.9 Å². The summed E-state index contributed by atoms with van der Waals surface area (Å²) < 4.78 is 17.6. The number of carbonyl (C=O) groups excluding carboxylic acids is 3. The molecule has 1 aliphatic carbocycles. The molecule has 2 aromatic heterocycles. The zero-order valence-corrected chi connectivity index (χ0v) is 27.3. The Morgan fingerprint density at radius 3 is 2.56 bits per heavy atom. The van der Waals surface area contributed by atoms with E-state index in [0.717, 1.165) is 29.7 Å². The Balaban J connectivity index is 1.38. The molecule has 0 spiro atoms. The second kappa shape index (κ2) is 13.8. The Hall–Kier alpha value is -3.58. The van der Waals surface area contributed by atoms with Gasteiger partial charge in [-0.3, -0.25) is 9.59 Å². The van der Waals surface area contributed by atoms with Crippen molar-refractivity contribution in [2.24, 2.45) is 18.4 Å². The standard InChI is InChI=1S/C30H39N5O6S2/c1-8-41-28(38)25-19-11-10-18(30(2,3)4)14-22(19)43-27(25)32-24(36)16-42-29-34-33-23(35(29)5)15-31-26(37)17-9-12-20(39-6)21(13-17)40-7/h9,12-13,18H,8,10-11,14-16H2,1-7H3,(H,31,37)(H,32,36). The highest BCUT2D eigenvalue weighted by Crippen LogP contribution is 2.44. The number of fused-ring (bicyclic) bond motifs is 1. The van der Waals surface area contributed by atoms with Gasteiger partial charge in [-0.15, -0.1) is 21.5 Å². The van der Waals surface area contributed by atoms with Crippen molar-refractivity contribution in [1.82, 2.24) is 20.1 Å². The molecule has 1 aliphatic rings. The minimum Gasteiger partial charge on any atom is -0.493 e. The van der Waals surface area contributed by atoms with Crippen molar-refractivity contribution in [2.45, 2.75) is 58.7 Å². The minimum atomic E-state index is -0.398. The summed E-state index contributed by atoms with van der Waals surface area (Å²) in [7, 11) is 4.81. The molecule has 1 unspecified atom stereocenters. The van der Waals surface area contributed by atoms with Crippen LogP contribution in [0.15, 0.2) is 23.4 Å². The number of rotatable bonds is 11. The molecule has 13 heteroatoms. The van der Waals surface area contributed by atoms with E-state index >= 15 is 0 Å². The maximum atomic E-state index is 13.0. The number of esters is 1. The van der Waals surface area contributed by atoms with E-state index in [4.69, 9.17) is 14.2 Å². The largest absolute Gasteiger partial charge is 0.493 e. The number of methoxy groups -OCH3 is 2. The molecule has 232 valence electrons. The van der Waals surface area contributed by atoms with Crippen LogP contribution in [-0.4, -0.2) is 59.1 Å². The van der Waals surface area contributed by atoms with Crippen LogP contribution in [0.25, 0.3) is 0 Å². The third-order valence-corrected chi connectivity index (χ3v) is 9.72. The van der Waals surface area contributed by atoms with Gasteiger partial charge in [0.2, 0.25) is 5.91 Å². The first-order chi connectivity index (χ1) is 20.5. The zero-order chi connectivity index (χ0) is 31.3. The van der Waals surface area contributed by atoms with Crippen molar-refractivity contribution in [3.63, 3.8) is 0 Å². The number of hydrogen-bond acceptors (Lipinski definition) is 10. The van der Waals surface area contributed by atoms with Crippen LogP contribution in [0.1, 0.15) is 71.1 Å². The second-order valence-electron chi connectivity index (χ2n) is 11.3. The lowest BCUT2D eigenvalue weighted by atomic mass is 9.72. The van der Waals surface area contributed by atoms with Crippen LogP contribution in [0.4, 0.5) is 5.00 Å². The van der Waals surface area contributed by atoms with Gasteiger partial charge in [0, 0.05) is 17.5 Å². The molecular formula is C30H39N5O6S2. The van der Waals surface area contributed by atoms with E-state index in [9.17, 15) is 14.4 Å². The smallest absolute Gasteiger partial charge is 0.341 e. The Kier molecular flexibility index (Phi) is 10.4. The molecule has 1 atom stereocenters. The summed E-state index contributed by atoms with van der Waals surface area (Å²) in [4.78, 5) is 39.8. The summed E-state index contributed by atoms with van der Waals surface area (Å²) in [6.07, 6.45) is 2.66. The van der Waals surface area contributed by atoms with Crippen LogP contribution in [0.2, 0.25) is 0 Å². The van der Waals surface area contributed by atoms with E-state index in [-0.39, 0.29) is 36.1 Å². The third-order valence-electron chi connectivity index (χ3n) is 7.53. The fourth-order valence-electron chi connectivity index (χ4n) is 4.99. The summed E-state index contributed by atoms with van der Waals surface area (Å²) in [6, 6.07) is 4.91. The van der Waals surface area contributed by atoms with Gasteiger partial charge < -0.3 is 29.4 Å². The van der Waals surface area contributed by atoms with Gasteiger partial charge in [0.1, 0.15) is 5.00 Å². The average molecular weight is 630 g/mol. The van der Waals surface area contributed by atoms with E-state index in [0.29, 0.717) is 44.5 Å². The lowest BCUT2D eigenvalue weighted by Gasteiger charge is -2.33. The molecule has 4 rings (SSSR count). The molecule has 0 aliphatic heterocycles. The second-order valence-corrected chi connectivity index (χ2v) is 13.3. The van der Waals surface area contributed by atoms with E-state index in [1.54, 1.807) is 36.7 Å². The number of thioether (sulfide) groups is 1. The summed E-state index contributed by atoms with van der Waals surface area (Å²) in [5.41, 5.74) is 2.06. The monoisotopic (exact) mass is 629 g/mol. The van der Waals surface area contributed by atoms with Crippen molar-refractivity contribution in [1.29, 1.82) is 0 Å². The molecule has 1 aromatic carbocycles. The first kappa shape index (κ1) is 32.3. The van der Waals surface area contributed by atoms with E-state index in [2.05, 4.69) is 41.6 Å². The summed E-state index contributed by atoms with van der Waals surface area (Å²) >= 11 is 2.70. The van der Waals surface area contributed by atoms with Crippen molar-refractivity contribution < 1.29 is 28.6 Å². The van der Waals surface area contributed by atoms with Crippen LogP contribution in [0.5, 0.6) is 11.5 Å². The van der Waals surface area contributed by atoms with E-state index in [1.165, 1.54) is 37.3 Å². The number of nitrogens with one attached hydrogen (secondary N) is 2. The van der Waals surface area contributed by atoms with Crippen LogP contribution >= 0.6 is 23.1 Å². The molecule has 0 saturated heterocycles. The van der Waals surface area contributed by atoms with Gasteiger partial charge in [0.05, 0.1) is 38.7 Å². The Labute approximate surface area is 260 Å². The summed E-state index contributed by atoms with van der Waals surface area (Å²) in [6.45, 7) is 8.91. The normalized spacial score (nSPS) is 14.5. The van der Waals surface area contributed by atoms with Crippen LogP contribution in [0, 0.1) is 11.3 Å². The lowest BCUT2D eigenvalue weighted by Crippen LogP contribution is -2.26. The number of benzene rings is 1. The third kappa shape index (κ3) is 7.50. The van der Waals surface area contributed by atoms with Crippen LogP contribution < -0.4 is 20.1 Å². The number of nitrogens with zero attached hydrogens (tertiary/aromatic N) is 3. The van der Waals surface area contributed by atoms with Gasteiger partial charge in [-0.25, -0.2) is 4.79 Å². The van der Waals surface area contributed by atoms with Crippen molar-refractivity contribution in [2.75, 3.05) is 31.9 Å². The Bertz CT molecular complexity index is 1490. The molecule has 2 amide bonds. The van der Waals surface area contributed by atoms with Gasteiger partial charge in [0.25, 0.3) is 5.91 Å². The van der Waals surface area contributed by atoms with E-state index in [1.807, 2.05) is 0 Å². The number of aromatic nitrogens is 3. The number of anilines is 1. The SMILES string of the molecule is CCOC(=O)c1c(NC(=O)CSc2nnc(CNC(=O)c3ccc(OC)c(OC)c3)n2C)sc2c1CCC(C(C)(C)C)C2. The maximum Gasteiger partial charge on any atom is 0.341 e. The molecular weight excluding hydrogens is 590 g/mol. The van der Waals surface area contributed by atoms with Crippen molar-refractivity contribution in [3.05, 3.63) is 45.6 Å². The fourth-order valence-corrected chi connectivity index (χ4v) is 7.05.